The second kappa shape index (κ2) is 7.49. The van der Waals surface area contributed by atoms with Gasteiger partial charge >= 0.3 is 0 Å². The zero-order valence-corrected chi connectivity index (χ0v) is 15.3. The monoisotopic (exact) mass is 360 g/mol. The van der Waals surface area contributed by atoms with E-state index >= 15 is 0 Å². The van der Waals surface area contributed by atoms with E-state index < -0.39 is 10.0 Å². The van der Waals surface area contributed by atoms with Crippen molar-refractivity contribution in [1.82, 2.24) is 10.2 Å². The van der Waals surface area contributed by atoms with Crippen molar-refractivity contribution < 1.29 is 8.42 Å². The Balaban J connectivity index is 1.89. The number of nitrogens with zero attached hydrogens (tertiary/aromatic N) is 3. The molecule has 0 unspecified atom stereocenters. The molecule has 0 atom stereocenters. The van der Waals surface area contributed by atoms with Crippen molar-refractivity contribution in [2.45, 2.75) is 43.9 Å². The molecule has 3 rings (SSSR count). The van der Waals surface area contributed by atoms with Gasteiger partial charge in [-0.3, -0.25) is 0 Å². The van der Waals surface area contributed by atoms with Crippen LogP contribution in [0.3, 0.4) is 0 Å². The van der Waals surface area contributed by atoms with Crippen LogP contribution >= 0.6 is 0 Å². The van der Waals surface area contributed by atoms with Crippen LogP contribution < -0.4 is 10.0 Å². The molecule has 1 fully saturated rings. The Hall–Kier alpha value is -1.99. The third kappa shape index (κ3) is 4.16. The van der Waals surface area contributed by atoms with Gasteiger partial charge in [0.2, 0.25) is 10.0 Å². The molecule has 1 aliphatic rings. The standard InChI is InChI=1S/C18H24N4O2S/c1-2-14-7-8-15(13-17(14)25(19,23)24)16-9-10-18(21-20-16)22-11-5-3-4-6-12-22/h7-10,13H,2-6,11-12H2,1H3,(H2,19,23,24). The molecule has 6 nitrogen and oxygen atoms in total. The summed E-state index contributed by atoms with van der Waals surface area (Å²) >= 11 is 0. The third-order valence-corrected chi connectivity index (χ3v) is 5.62. The molecule has 0 aliphatic carbocycles. The SMILES string of the molecule is CCc1ccc(-c2ccc(N3CCCCCC3)nn2)cc1S(N)(=O)=O. The van der Waals surface area contributed by atoms with E-state index in [4.69, 9.17) is 5.14 Å². The van der Waals surface area contributed by atoms with Crippen LogP contribution in [0.1, 0.15) is 38.2 Å². The number of hydrogen-bond acceptors (Lipinski definition) is 5. The lowest BCUT2D eigenvalue weighted by Gasteiger charge is -2.20. The Labute approximate surface area is 149 Å². The van der Waals surface area contributed by atoms with E-state index in [-0.39, 0.29) is 4.90 Å². The highest BCUT2D eigenvalue weighted by atomic mass is 32.2. The summed E-state index contributed by atoms with van der Waals surface area (Å²) in [4.78, 5) is 2.42. The molecule has 0 bridgehead atoms. The van der Waals surface area contributed by atoms with E-state index in [1.807, 2.05) is 25.1 Å². The van der Waals surface area contributed by atoms with Gasteiger partial charge in [0, 0.05) is 18.7 Å². The summed E-state index contributed by atoms with van der Waals surface area (Å²) in [7, 11) is -3.76. The van der Waals surface area contributed by atoms with E-state index in [1.54, 1.807) is 12.1 Å². The van der Waals surface area contributed by atoms with Crippen molar-refractivity contribution in [3.05, 3.63) is 35.9 Å². The van der Waals surface area contributed by atoms with Gasteiger partial charge in [-0.2, -0.15) is 0 Å². The maximum Gasteiger partial charge on any atom is 0.238 e. The van der Waals surface area contributed by atoms with Gasteiger partial charge in [-0.1, -0.05) is 31.9 Å². The zero-order valence-electron chi connectivity index (χ0n) is 14.5. The van der Waals surface area contributed by atoms with Crippen LogP contribution in [0.2, 0.25) is 0 Å². The van der Waals surface area contributed by atoms with Crippen molar-refractivity contribution in [2.24, 2.45) is 5.14 Å². The van der Waals surface area contributed by atoms with Crippen molar-refractivity contribution in [3.63, 3.8) is 0 Å². The van der Waals surface area contributed by atoms with Gasteiger partial charge in [0.1, 0.15) is 0 Å². The molecule has 0 amide bonds. The highest BCUT2D eigenvalue weighted by Crippen LogP contribution is 2.25. The van der Waals surface area contributed by atoms with E-state index in [1.165, 1.54) is 25.7 Å². The number of nitrogens with two attached hydrogens (primary N) is 1. The molecule has 1 aromatic heterocycles. The summed E-state index contributed by atoms with van der Waals surface area (Å²) < 4.78 is 23.6. The fourth-order valence-corrected chi connectivity index (χ4v) is 4.09. The van der Waals surface area contributed by atoms with Gasteiger partial charge in [-0.05, 0) is 43.0 Å². The predicted octanol–water partition coefficient (Wildman–Crippen LogP) is 2.73. The first-order chi connectivity index (χ1) is 12.0. The third-order valence-electron chi connectivity index (χ3n) is 4.63. The second-order valence-corrected chi connectivity index (χ2v) is 7.93. The minimum Gasteiger partial charge on any atom is -0.355 e. The highest BCUT2D eigenvalue weighted by molar-refractivity contribution is 7.89. The Morgan fingerprint density at radius 3 is 2.32 bits per heavy atom. The van der Waals surface area contributed by atoms with Crippen LogP contribution in [-0.4, -0.2) is 31.7 Å². The summed E-state index contributed by atoms with van der Waals surface area (Å²) in [6.07, 6.45) is 5.50. The molecule has 7 heteroatoms. The number of aromatic nitrogens is 2. The quantitative estimate of drug-likeness (QED) is 0.905. The maximum absolute atomic E-state index is 11.8. The fraction of sp³-hybridized carbons (Fsp3) is 0.444. The Morgan fingerprint density at radius 1 is 1.04 bits per heavy atom. The fourth-order valence-electron chi connectivity index (χ4n) is 3.22. The van der Waals surface area contributed by atoms with Gasteiger partial charge in [-0.25, -0.2) is 13.6 Å². The lowest BCUT2D eigenvalue weighted by atomic mass is 10.1. The Morgan fingerprint density at radius 2 is 1.76 bits per heavy atom. The Kier molecular flexibility index (Phi) is 5.34. The van der Waals surface area contributed by atoms with Crippen LogP contribution in [-0.2, 0) is 16.4 Å². The topological polar surface area (TPSA) is 89.2 Å². The van der Waals surface area contributed by atoms with E-state index in [9.17, 15) is 8.42 Å². The molecule has 1 saturated heterocycles. The molecule has 0 saturated carbocycles. The van der Waals surface area contributed by atoms with Gasteiger partial charge in [0.15, 0.2) is 5.82 Å². The normalized spacial score (nSPS) is 15.8. The average molecular weight is 360 g/mol. The molecular formula is C18H24N4O2S. The molecule has 0 spiro atoms. The summed E-state index contributed by atoms with van der Waals surface area (Å²) in [5.74, 6) is 0.877. The van der Waals surface area contributed by atoms with Crippen molar-refractivity contribution >= 4 is 15.8 Å². The zero-order chi connectivity index (χ0) is 17.9. The van der Waals surface area contributed by atoms with Crippen LogP contribution in [0.25, 0.3) is 11.3 Å². The number of anilines is 1. The van der Waals surface area contributed by atoms with E-state index in [0.717, 1.165) is 18.9 Å². The first kappa shape index (κ1) is 17.8. The maximum atomic E-state index is 11.8. The molecule has 2 N–H and O–H groups in total. The molecule has 2 aromatic rings. The van der Waals surface area contributed by atoms with Crippen molar-refractivity contribution in [1.29, 1.82) is 0 Å². The average Bonchev–Trinajstić information content (AvgIpc) is 2.90. The summed E-state index contributed by atoms with van der Waals surface area (Å²) in [5.41, 5.74) is 2.06. The number of hydrogen-bond donors (Lipinski definition) is 1. The first-order valence-electron chi connectivity index (χ1n) is 8.74. The van der Waals surface area contributed by atoms with Gasteiger partial charge < -0.3 is 4.90 Å². The molecule has 1 aliphatic heterocycles. The van der Waals surface area contributed by atoms with Crippen LogP contribution in [0.5, 0.6) is 0 Å². The van der Waals surface area contributed by atoms with Crippen LogP contribution in [0.4, 0.5) is 5.82 Å². The molecule has 1 aromatic carbocycles. The lowest BCUT2D eigenvalue weighted by molar-refractivity contribution is 0.596. The van der Waals surface area contributed by atoms with Crippen molar-refractivity contribution in [3.8, 4) is 11.3 Å². The summed E-state index contributed by atoms with van der Waals surface area (Å²) in [6.45, 7) is 3.92. The highest BCUT2D eigenvalue weighted by Gasteiger charge is 2.16. The predicted molar refractivity (Wildman–Crippen MR) is 98.9 cm³/mol. The number of sulfonamides is 1. The van der Waals surface area contributed by atoms with Crippen LogP contribution in [0, 0.1) is 0 Å². The minimum atomic E-state index is -3.76. The van der Waals surface area contributed by atoms with Gasteiger partial charge in [0.05, 0.1) is 10.6 Å². The van der Waals surface area contributed by atoms with E-state index in [2.05, 4.69) is 15.1 Å². The number of rotatable bonds is 4. The number of primary sulfonamides is 1. The number of aryl methyl sites for hydroxylation is 1. The second-order valence-electron chi connectivity index (χ2n) is 6.40. The van der Waals surface area contributed by atoms with Crippen molar-refractivity contribution in [2.75, 3.05) is 18.0 Å². The van der Waals surface area contributed by atoms with Gasteiger partial charge in [-0.15, -0.1) is 10.2 Å². The summed E-state index contributed by atoms with van der Waals surface area (Å²) in [6, 6.07) is 9.09. The minimum absolute atomic E-state index is 0.158. The lowest BCUT2D eigenvalue weighted by Crippen LogP contribution is -2.25. The molecule has 25 heavy (non-hydrogen) atoms. The van der Waals surface area contributed by atoms with E-state index in [0.29, 0.717) is 23.2 Å². The summed E-state index contributed by atoms with van der Waals surface area (Å²) in [5, 5.41) is 14.0. The largest absolute Gasteiger partial charge is 0.355 e. The Bertz CT molecular complexity index is 827. The molecular weight excluding hydrogens is 336 g/mol. The van der Waals surface area contributed by atoms with Gasteiger partial charge in [0.25, 0.3) is 0 Å². The molecule has 0 radical (unpaired) electrons. The molecule has 2 heterocycles. The number of benzene rings is 1. The first-order valence-corrected chi connectivity index (χ1v) is 10.3. The smallest absolute Gasteiger partial charge is 0.238 e. The molecule has 134 valence electrons. The van der Waals surface area contributed by atoms with Crippen LogP contribution in [0.15, 0.2) is 35.2 Å².